The third-order valence-corrected chi connectivity index (χ3v) is 3.27. The van der Waals surface area contributed by atoms with Crippen LogP contribution in [0.1, 0.15) is 5.76 Å². The summed E-state index contributed by atoms with van der Waals surface area (Å²) in [6.45, 7) is 0.276. The lowest BCUT2D eigenvalue weighted by atomic mass is 10.3. The van der Waals surface area contributed by atoms with E-state index in [4.69, 9.17) is 10.2 Å². The molecule has 1 heterocycles. The van der Waals surface area contributed by atoms with Gasteiger partial charge >= 0.3 is 0 Å². The molecule has 5 nitrogen and oxygen atoms in total. The lowest BCUT2D eigenvalue weighted by molar-refractivity contribution is 0.506. The average Bonchev–Trinajstić information content (AvgIpc) is 2.53. The first-order valence-electron chi connectivity index (χ1n) is 4.27. The fourth-order valence-electron chi connectivity index (χ4n) is 1.02. The normalized spacial score (nSPS) is 11.5. The molecule has 0 fully saturated rings. The van der Waals surface area contributed by atoms with Crippen molar-refractivity contribution < 1.29 is 12.8 Å². The van der Waals surface area contributed by atoms with Gasteiger partial charge in [0.15, 0.2) is 0 Å². The number of nitrogens with one attached hydrogen (secondary N) is 1. The van der Waals surface area contributed by atoms with Crippen LogP contribution in [0.25, 0.3) is 0 Å². The van der Waals surface area contributed by atoms with Crippen LogP contribution in [0.4, 0.5) is 0 Å². The minimum Gasteiger partial charge on any atom is -0.469 e. The number of furan rings is 1. The highest BCUT2D eigenvalue weighted by Gasteiger charge is 2.10. The van der Waals surface area contributed by atoms with E-state index in [0.717, 1.165) is 5.76 Å². The van der Waals surface area contributed by atoms with E-state index in [2.05, 4.69) is 16.9 Å². The highest BCUT2D eigenvalue weighted by molar-refractivity contribution is 7.92. The Kier molecular flexibility index (Phi) is 4.25. The Balaban J connectivity index is 2.34. The highest BCUT2D eigenvalue weighted by Crippen LogP contribution is 1.99. The van der Waals surface area contributed by atoms with E-state index in [9.17, 15) is 8.42 Å². The molecule has 0 radical (unpaired) electrons. The van der Waals surface area contributed by atoms with Crippen molar-refractivity contribution in [3.63, 3.8) is 0 Å². The molecule has 3 N–H and O–H groups in total. The standard InChI is InChI=1S/C8H12N2O3S2/c9-8(14)6-15(11,12)10-4-3-7-2-1-5-13-7/h1-2,5,10H,3-4,6H2,(H2,9,14). The Morgan fingerprint density at radius 1 is 1.60 bits per heavy atom. The molecule has 0 aromatic carbocycles. The highest BCUT2D eigenvalue weighted by atomic mass is 32.2. The Hall–Kier alpha value is -0.920. The molecule has 84 valence electrons. The summed E-state index contributed by atoms with van der Waals surface area (Å²) in [5.41, 5.74) is 5.14. The van der Waals surface area contributed by atoms with Crippen molar-refractivity contribution in [2.75, 3.05) is 12.3 Å². The van der Waals surface area contributed by atoms with E-state index >= 15 is 0 Å². The fourth-order valence-corrected chi connectivity index (χ4v) is 2.38. The quantitative estimate of drug-likeness (QED) is 0.694. The minimum absolute atomic E-state index is 0.0412. The van der Waals surface area contributed by atoms with E-state index < -0.39 is 10.0 Å². The molecule has 1 aromatic rings. The molecule has 1 aromatic heterocycles. The van der Waals surface area contributed by atoms with Crippen molar-refractivity contribution in [1.82, 2.24) is 4.72 Å². The average molecular weight is 248 g/mol. The van der Waals surface area contributed by atoms with Crippen molar-refractivity contribution >= 4 is 27.2 Å². The SMILES string of the molecule is NC(=S)CS(=O)(=O)NCCc1ccco1. The third-order valence-electron chi connectivity index (χ3n) is 1.61. The lowest BCUT2D eigenvalue weighted by Crippen LogP contribution is -2.33. The summed E-state index contributed by atoms with van der Waals surface area (Å²) in [5, 5.41) is 0. The summed E-state index contributed by atoms with van der Waals surface area (Å²) in [5.74, 6) is 0.411. The van der Waals surface area contributed by atoms with Gasteiger partial charge in [0.25, 0.3) is 0 Å². The van der Waals surface area contributed by atoms with Gasteiger partial charge in [-0.2, -0.15) is 0 Å². The second-order valence-corrected chi connectivity index (χ2v) is 5.28. The number of sulfonamides is 1. The van der Waals surface area contributed by atoms with Gasteiger partial charge in [0.05, 0.1) is 11.3 Å². The van der Waals surface area contributed by atoms with Gasteiger partial charge in [0.1, 0.15) is 11.5 Å². The summed E-state index contributed by atoms with van der Waals surface area (Å²) in [6, 6.07) is 3.53. The zero-order valence-electron chi connectivity index (χ0n) is 7.97. The van der Waals surface area contributed by atoms with E-state index in [0.29, 0.717) is 6.42 Å². The first kappa shape index (κ1) is 12.2. The fraction of sp³-hybridized carbons (Fsp3) is 0.375. The largest absolute Gasteiger partial charge is 0.469 e. The zero-order valence-corrected chi connectivity index (χ0v) is 9.60. The summed E-state index contributed by atoms with van der Waals surface area (Å²) in [4.78, 5) is -0.0412. The van der Waals surface area contributed by atoms with Crippen LogP contribution in [0.15, 0.2) is 22.8 Å². The van der Waals surface area contributed by atoms with E-state index in [1.807, 2.05) is 0 Å². The van der Waals surface area contributed by atoms with Crippen molar-refractivity contribution in [1.29, 1.82) is 0 Å². The number of hydrogen-bond acceptors (Lipinski definition) is 4. The van der Waals surface area contributed by atoms with E-state index in [1.54, 1.807) is 18.4 Å². The molecule has 0 saturated carbocycles. The number of nitrogens with two attached hydrogens (primary N) is 1. The van der Waals surface area contributed by atoms with Crippen molar-refractivity contribution in [2.45, 2.75) is 6.42 Å². The molecule has 1 rings (SSSR count). The smallest absolute Gasteiger partial charge is 0.218 e. The molecule has 0 bridgehead atoms. The molecule has 0 aliphatic carbocycles. The van der Waals surface area contributed by atoms with Gasteiger partial charge in [-0.15, -0.1) is 0 Å². The molecule has 0 aliphatic rings. The van der Waals surface area contributed by atoms with Crippen molar-refractivity contribution in [2.24, 2.45) is 5.73 Å². The summed E-state index contributed by atoms with van der Waals surface area (Å²) >= 11 is 4.51. The molecule has 15 heavy (non-hydrogen) atoms. The molecule has 0 amide bonds. The predicted octanol–water partition coefficient (Wildman–Crippen LogP) is 0.0276. The number of rotatable bonds is 6. The van der Waals surface area contributed by atoms with Gasteiger partial charge in [-0.05, 0) is 12.1 Å². The minimum atomic E-state index is -3.39. The maximum atomic E-state index is 11.3. The Morgan fingerprint density at radius 2 is 2.33 bits per heavy atom. The number of hydrogen-bond donors (Lipinski definition) is 2. The van der Waals surface area contributed by atoms with Gasteiger partial charge < -0.3 is 10.2 Å². The summed E-state index contributed by atoms with van der Waals surface area (Å²) in [6.07, 6.45) is 2.04. The second-order valence-electron chi connectivity index (χ2n) is 2.95. The maximum absolute atomic E-state index is 11.3. The van der Waals surface area contributed by atoms with Crippen LogP contribution in [0.5, 0.6) is 0 Å². The summed E-state index contributed by atoms with van der Waals surface area (Å²) in [7, 11) is -3.39. The van der Waals surface area contributed by atoms with E-state index in [1.165, 1.54) is 0 Å². The zero-order chi connectivity index (χ0) is 11.3. The topological polar surface area (TPSA) is 85.3 Å². The first-order valence-corrected chi connectivity index (χ1v) is 6.34. The molecular formula is C8H12N2O3S2. The molecule has 0 spiro atoms. The Bertz CT molecular complexity index is 411. The lowest BCUT2D eigenvalue weighted by Gasteiger charge is -2.03. The van der Waals surface area contributed by atoms with Crippen LogP contribution in [0.2, 0.25) is 0 Å². The maximum Gasteiger partial charge on any atom is 0.218 e. The van der Waals surface area contributed by atoms with Crippen molar-refractivity contribution in [3.05, 3.63) is 24.2 Å². The van der Waals surface area contributed by atoms with Gasteiger partial charge in [-0.25, -0.2) is 13.1 Å². The van der Waals surface area contributed by atoms with Crippen LogP contribution >= 0.6 is 12.2 Å². The predicted molar refractivity (Wildman–Crippen MR) is 61.0 cm³/mol. The van der Waals surface area contributed by atoms with Crippen LogP contribution in [-0.4, -0.2) is 25.7 Å². The summed E-state index contributed by atoms with van der Waals surface area (Å²) < 4.78 is 29.9. The Labute approximate surface area is 93.7 Å². The van der Waals surface area contributed by atoms with Gasteiger partial charge in [0.2, 0.25) is 10.0 Å². The van der Waals surface area contributed by atoms with Crippen LogP contribution in [-0.2, 0) is 16.4 Å². The van der Waals surface area contributed by atoms with Gasteiger partial charge in [-0.1, -0.05) is 12.2 Å². The first-order chi connectivity index (χ1) is 6.99. The van der Waals surface area contributed by atoms with Crippen LogP contribution in [0, 0.1) is 0 Å². The molecular weight excluding hydrogens is 236 g/mol. The van der Waals surface area contributed by atoms with Gasteiger partial charge in [0, 0.05) is 13.0 Å². The van der Waals surface area contributed by atoms with Crippen LogP contribution < -0.4 is 10.5 Å². The molecule has 0 aliphatic heterocycles. The molecule has 0 unspecified atom stereocenters. The van der Waals surface area contributed by atoms with Crippen molar-refractivity contribution in [3.8, 4) is 0 Å². The van der Waals surface area contributed by atoms with E-state index in [-0.39, 0.29) is 17.3 Å². The second kappa shape index (κ2) is 5.24. The van der Waals surface area contributed by atoms with Gasteiger partial charge in [-0.3, -0.25) is 0 Å². The molecule has 0 saturated heterocycles. The number of thiocarbonyl (C=S) groups is 1. The van der Waals surface area contributed by atoms with Crippen LogP contribution in [0.3, 0.4) is 0 Å². The Morgan fingerprint density at radius 3 is 2.87 bits per heavy atom. The molecule has 0 atom stereocenters. The molecule has 7 heteroatoms. The monoisotopic (exact) mass is 248 g/mol. The third kappa shape index (κ3) is 4.91.